The van der Waals surface area contributed by atoms with Crippen molar-refractivity contribution in [3.05, 3.63) is 65.5 Å². The van der Waals surface area contributed by atoms with Gasteiger partial charge in [0.1, 0.15) is 0 Å². The lowest BCUT2D eigenvalue weighted by molar-refractivity contribution is -0.129. The molecule has 1 aliphatic heterocycles. The lowest BCUT2D eigenvalue weighted by Gasteiger charge is -2.16. The molecule has 0 spiro atoms. The molecule has 0 aliphatic carbocycles. The van der Waals surface area contributed by atoms with E-state index < -0.39 is 5.97 Å². The number of hydrogen-bond acceptors (Lipinski definition) is 3. The predicted octanol–water partition coefficient (Wildman–Crippen LogP) is 2.41. The van der Waals surface area contributed by atoms with Crippen molar-refractivity contribution in [1.82, 2.24) is 9.88 Å². The van der Waals surface area contributed by atoms with Gasteiger partial charge in [-0.05, 0) is 48.6 Å². The fraction of sp³-hybridized carbons (Fsp3) is 0.316. The Hall–Kier alpha value is -2.69. The zero-order valence-corrected chi connectivity index (χ0v) is 13.4. The van der Waals surface area contributed by atoms with Gasteiger partial charge in [-0.25, -0.2) is 4.79 Å². The highest BCUT2D eigenvalue weighted by Crippen LogP contribution is 2.22. The van der Waals surface area contributed by atoms with Gasteiger partial charge in [0.2, 0.25) is 5.91 Å². The van der Waals surface area contributed by atoms with Gasteiger partial charge >= 0.3 is 5.97 Å². The van der Waals surface area contributed by atoms with Crippen molar-refractivity contribution in [2.75, 3.05) is 13.1 Å². The monoisotopic (exact) mass is 324 g/mol. The maximum absolute atomic E-state index is 12.4. The SMILES string of the molecule is O=C(O)c1ccc(CC2CCN(C(=O)Cc3ccccn3)C2)cc1. The van der Waals surface area contributed by atoms with Crippen molar-refractivity contribution in [3.8, 4) is 0 Å². The smallest absolute Gasteiger partial charge is 0.335 e. The Bertz CT molecular complexity index is 713. The van der Waals surface area contributed by atoms with Crippen molar-refractivity contribution in [1.29, 1.82) is 0 Å². The minimum atomic E-state index is -0.909. The number of rotatable bonds is 5. The first-order valence-corrected chi connectivity index (χ1v) is 8.12. The van der Waals surface area contributed by atoms with Crippen LogP contribution in [0.5, 0.6) is 0 Å². The van der Waals surface area contributed by atoms with Gasteiger partial charge in [-0.1, -0.05) is 18.2 Å². The van der Waals surface area contributed by atoms with E-state index in [0.29, 0.717) is 17.9 Å². The molecule has 1 atom stereocenters. The summed E-state index contributed by atoms with van der Waals surface area (Å²) >= 11 is 0. The van der Waals surface area contributed by atoms with Crippen LogP contribution in [0.15, 0.2) is 48.7 Å². The summed E-state index contributed by atoms with van der Waals surface area (Å²) in [7, 11) is 0. The fourth-order valence-electron chi connectivity index (χ4n) is 3.11. The molecule has 0 radical (unpaired) electrons. The molecule has 2 heterocycles. The molecule has 5 nitrogen and oxygen atoms in total. The number of aromatic carboxylic acids is 1. The van der Waals surface area contributed by atoms with Crippen LogP contribution in [0.4, 0.5) is 0 Å². The second kappa shape index (κ2) is 7.25. The third-order valence-electron chi connectivity index (χ3n) is 4.42. The summed E-state index contributed by atoms with van der Waals surface area (Å²) in [5.74, 6) is -0.362. The summed E-state index contributed by atoms with van der Waals surface area (Å²) in [6.07, 6.45) is 3.90. The zero-order valence-electron chi connectivity index (χ0n) is 13.4. The van der Waals surface area contributed by atoms with Crippen molar-refractivity contribution in [2.45, 2.75) is 19.3 Å². The minimum absolute atomic E-state index is 0.123. The second-order valence-corrected chi connectivity index (χ2v) is 6.20. The van der Waals surface area contributed by atoms with Crippen LogP contribution in [0.2, 0.25) is 0 Å². The van der Waals surface area contributed by atoms with E-state index in [-0.39, 0.29) is 5.91 Å². The van der Waals surface area contributed by atoms with Gasteiger partial charge in [-0.2, -0.15) is 0 Å². The lowest BCUT2D eigenvalue weighted by atomic mass is 9.98. The molecule has 5 heteroatoms. The van der Waals surface area contributed by atoms with Gasteiger partial charge in [0, 0.05) is 25.0 Å². The van der Waals surface area contributed by atoms with E-state index in [4.69, 9.17) is 5.11 Å². The van der Waals surface area contributed by atoms with E-state index in [0.717, 1.165) is 37.2 Å². The molecule has 1 aliphatic rings. The number of benzene rings is 1. The number of aromatic nitrogens is 1. The molecule has 1 unspecified atom stereocenters. The number of amides is 1. The molecule has 3 rings (SSSR count). The van der Waals surface area contributed by atoms with E-state index in [1.54, 1.807) is 18.3 Å². The Kier molecular flexibility index (Phi) is 4.89. The molecule has 0 saturated carbocycles. The van der Waals surface area contributed by atoms with Crippen LogP contribution in [0.25, 0.3) is 0 Å². The Morgan fingerprint density at radius 1 is 1.17 bits per heavy atom. The summed E-state index contributed by atoms with van der Waals surface area (Å²) in [6, 6.07) is 12.6. The molecular formula is C19H20N2O3. The highest BCUT2D eigenvalue weighted by atomic mass is 16.4. The Morgan fingerprint density at radius 3 is 2.62 bits per heavy atom. The predicted molar refractivity (Wildman–Crippen MR) is 89.7 cm³/mol. The van der Waals surface area contributed by atoms with E-state index in [1.165, 1.54) is 0 Å². The first-order valence-electron chi connectivity index (χ1n) is 8.12. The minimum Gasteiger partial charge on any atom is -0.478 e. The summed E-state index contributed by atoms with van der Waals surface area (Å²) in [5.41, 5.74) is 2.22. The van der Waals surface area contributed by atoms with Crippen LogP contribution in [0.3, 0.4) is 0 Å². The molecule has 2 aromatic rings. The average Bonchev–Trinajstić information content (AvgIpc) is 3.05. The molecule has 1 aromatic heterocycles. The second-order valence-electron chi connectivity index (χ2n) is 6.20. The van der Waals surface area contributed by atoms with Crippen LogP contribution in [0, 0.1) is 5.92 Å². The van der Waals surface area contributed by atoms with Gasteiger partial charge in [0.05, 0.1) is 12.0 Å². The number of carbonyl (C=O) groups excluding carboxylic acids is 1. The highest BCUT2D eigenvalue weighted by molar-refractivity contribution is 5.87. The average molecular weight is 324 g/mol. The summed E-state index contributed by atoms with van der Waals surface area (Å²) in [6.45, 7) is 1.54. The number of pyridine rings is 1. The van der Waals surface area contributed by atoms with Gasteiger partial charge in [-0.3, -0.25) is 9.78 Å². The molecular weight excluding hydrogens is 304 g/mol. The van der Waals surface area contributed by atoms with Crippen LogP contribution < -0.4 is 0 Å². The Labute approximate surface area is 140 Å². The van der Waals surface area contributed by atoms with Crippen molar-refractivity contribution in [2.24, 2.45) is 5.92 Å². The Morgan fingerprint density at radius 2 is 1.96 bits per heavy atom. The number of carboxylic acids is 1. The highest BCUT2D eigenvalue weighted by Gasteiger charge is 2.26. The molecule has 24 heavy (non-hydrogen) atoms. The first kappa shape index (κ1) is 16.2. The molecule has 1 amide bonds. The standard InChI is InChI=1S/C19H20N2O3/c22-18(12-17-3-1-2-9-20-17)21-10-8-15(13-21)11-14-4-6-16(7-5-14)19(23)24/h1-7,9,15H,8,10-13H2,(H,23,24). The maximum atomic E-state index is 12.4. The number of likely N-dealkylation sites (tertiary alicyclic amines) is 1. The molecule has 1 fully saturated rings. The van der Waals surface area contributed by atoms with Gasteiger partial charge in [-0.15, -0.1) is 0 Å². The van der Waals surface area contributed by atoms with E-state index >= 15 is 0 Å². The molecule has 1 aromatic carbocycles. The van der Waals surface area contributed by atoms with Crippen LogP contribution in [-0.2, 0) is 17.6 Å². The number of hydrogen-bond donors (Lipinski definition) is 1. The lowest BCUT2D eigenvalue weighted by Crippen LogP contribution is -2.30. The number of carboxylic acid groups (broad SMARTS) is 1. The third kappa shape index (κ3) is 3.98. The van der Waals surface area contributed by atoms with Crippen molar-refractivity contribution >= 4 is 11.9 Å². The fourth-order valence-corrected chi connectivity index (χ4v) is 3.11. The number of carbonyl (C=O) groups is 2. The maximum Gasteiger partial charge on any atom is 0.335 e. The summed E-state index contributed by atoms with van der Waals surface area (Å²) in [5, 5.41) is 8.93. The van der Waals surface area contributed by atoms with Gasteiger partial charge in [0.15, 0.2) is 0 Å². The van der Waals surface area contributed by atoms with E-state index in [1.807, 2.05) is 35.2 Å². The quantitative estimate of drug-likeness (QED) is 0.917. The van der Waals surface area contributed by atoms with Crippen molar-refractivity contribution < 1.29 is 14.7 Å². The van der Waals surface area contributed by atoms with Crippen molar-refractivity contribution in [3.63, 3.8) is 0 Å². The molecule has 124 valence electrons. The zero-order chi connectivity index (χ0) is 16.9. The van der Waals surface area contributed by atoms with Gasteiger partial charge < -0.3 is 10.0 Å². The topological polar surface area (TPSA) is 70.5 Å². The normalized spacial score (nSPS) is 17.0. The largest absolute Gasteiger partial charge is 0.478 e. The molecule has 0 bridgehead atoms. The summed E-state index contributed by atoms with van der Waals surface area (Å²) < 4.78 is 0. The van der Waals surface area contributed by atoms with E-state index in [2.05, 4.69) is 4.98 Å². The summed E-state index contributed by atoms with van der Waals surface area (Å²) in [4.78, 5) is 29.3. The third-order valence-corrected chi connectivity index (χ3v) is 4.42. The van der Waals surface area contributed by atoms with Crippen LogP contribution in [0.1, 0.15) is 28.0 Å². The molecule has 1 N–H and O–H groups in total. The van der Waals surface area contributed by atoms with E-state index in [9.17, 15) is 9.59 Å². The van der Waals surface area contributed by atoms with Crippen LogP contribution >= 0.6 is 0 Å². The first-order chi connectivity index (χ1) is 11.6. The molecule has 1 saturated heterocycles. The van der Waals surface area contributed by atoms with Gasteiger partial charge in [0.25, 0.3) is 0 Å². The Balaban J connectivity index is 1.53. The van der Waals surface area contributed by atoms with Crippen LogP contribution in [-0.4, -0.2) is 40.0 Å². The number of nitrogens with zero attached hydrogens (tertiary/aromatic N) is 2.